The van der Waals surface area contributed by atoms with Gasteiger partial charge in [-0.25, -0.2) is 12.8 Å². The molecular formula is C76H74Al3F46O15S2. The minimum Gasteiger partial charge on any atom is -0.623 e. The molecule has 6 rings (SSSR count). The van der Waals surface area contributed by atoms with E-state index in [0.29, 0.717) is 0 Å². The number of hydrogen-bond acceptors (Lipinski definition) is 14. The predicted octanol–water partition coefficient (Wildman–Crippen LogP) is 27.8. The second kappa shape index (κ2) is 46.0. The van der Waals surface area contributed by atoms with Crippen LogP contribution in [0, 0.1) is 12.2 Å². The van der Waals surface area contributed by atoms with Crippen molar-refractivity contribution in [2.75, 3.05) is 0 Å². The molecule has 142 heavy (non-hydrogen) atoms. The van der Waals surface area contributed by atoms with Crippen LogP contribution >= 0.6 is 0 Å². The molecule has 0 saturated heterocycles. The minimum atomic E-state index is -7.74. The minimum absolute atomic E-state index is 0.0220. The van der Waals surface area contributed by atoms with E-state index in [9.17, 15) is 215 Å². The molecule has 5 aromatic rings. The van der Waals surface area contributed by atoms with Crippen molar-refractivity contribution in [3.05, 3.63) is 216 Å². The maximum atomic E-state index is 13.3. The van der Waals surface area contributed by atoms with Gasteiger partial charge in [0.25, 0.3) is 0 Å². The van der Waals surface area contributed by atoms with Gasteiger partial charge in [-0.2, -0.15) is 206 Å². The molecule has 0 spiro atoms. The molecule has 0 aliphatic heterocycles. The summed E-state index contributed by atoms with van der Waals surface area (Å²) in [6.45, 7) is 1.26. The first-order valence-electron chi connectivity index (χ1n) is 37.6. The van der Waals surface area contributed by atoms with Crippen LogP contribution in [-0.2, 0) is 67.4 Å². The largest absolute Gasteiger partial charge is 0.907 e. The van der Waals surface area contributed by atoms with Crippen LogP contribution in [0.4, 0.5) is 202 Å². The molecule has 0 saturated carbocycles. The van der Waals surface area contributed by atoms with Crippen LogP contribution in [-0.4, -0.2) is 203 Å². The van der Waals surface area contributed by atoms with Crippen molar-refractivity contribution in [3.8, 4) is 0 Å². The zero-order chi connectivity index (χ0) is 112. The third-order valence-electron chi connectivity index (χ3n) is 17.6. The first-order valence-corrected chi connectivity index (χ1v) is 45.1. The van der Waals surface area contributed by atoms with Gasteiger partial charge in [0.2, 0.25) is 22.4 Å². The summed E-state index contributed by atoms with van der Waals surface area (Å²) < 4.78 is 685. The zero-order valence-electron chi connectivity index (χ0n) is 73.5. The lowest BCUT2D eigenvalue weighted by Gasteiger charge is -2.51. The normalized spacial score (nSPS) is 15.9. The number of benzene rings is 5. The van der Waals surface area contributed by atoms with Crippen molar-refractivity contribution in [2.24, 2.45) is 0 Å². The van der Waals surface area contributed by atoms with Crippen LogP contribution in [0.5, 0.6) is 0 Å². The first-order chi connectivity index (χ1) is 62.5. The topological polar surface area (TPSA) is 174 Å². The molecule has 66 heteroatoms. The summed E-state index contributed by atoms with van der Waals surface area (Å²) in [5.74, 6) is -0.178. The Hall–Kier alpha value is -6.97. The van der Waals surface area contributed by atoms with Gasteiger partial charge in [0, 0.05) is 53.6 Å². The molecule has 811 valence electrons. The van der Waals surface area contributed by atoms with E-state index < -0.39 is 240 Å². The summed E-state index contributed by atoms with van der Waals surface area (Å²) in [6, 6.07) is 42.2. The summed E-state index contributed by atoms with van der Waals surface area (Å²) in [5, 5.41) is 0. The van der Waals surface area contributed by atoms with Crippen LogP contribution in [0.15, 0.2) is 182 Å². The molecular weight excluding hydrogens is 2170 g/mol. The van der Waals surface area contributed by atoms with Crippen LogP contribution in [0.2, 0.25) is 0 Å². The van der Waals surface area contributed by atoms with E-state index in [-0.39, 0.29) is 50.2 Å². The van der Waals surface area contributed by atoms with Gasteiger partial charge in [0.15, 0.2) is 5.60 Å². The fourth-order valence-corrected chi connectivity index (χ4v) is 19.1. The second-order valence-electron chi connectivity index (χ2n) is 31.8. The monoisotopic (exact) mass is 2250 g/mol. The fraction of sp³-hybridized carbons (Fsp3) is 0.513. The van der Waals surface area contributed by atoms with Gasteiger partial charge in [-0.3, -0.25) is 0 Å². The highest BCUT2D eigenvalue weighted by atomic mass is 32.2. The van der Waals surface area contributed by atoms with Gasteiger partial charge in [-0.05, 0) is 138 Å². The molecule has 1 radical (unpaired) electrons. The van der Waals surface area contributed by atoms with E-state index in [1.165, 1.54) is 59.7 Å². The Morgan fingerprint density at radius 2 is 0.641 bits per heavy atom. The summed E-state index contributed by atoms with van der Waals surface area (Å²) in [4.78, 5) is 0. The Balaban J connectivity index is 0.000000886. The summed E-state index contributed by atoms with van der Waals surface area (Å²) in [5.41, 5.74) is -52.2. The lowest BCUT2D eigenvalue weighted by atomic mass is 9.80. The van der Waals surface area contributed by atoms with Crippen molar-refractivity contribution in [2.45, 2.75) is 244 Å². The van der Waals surface area contributed by atoms with Gasteiger partial charge in [-0.1, -0.05) is 127 Å². The SMILES string of the molecule is C1=C[CH+]C(=Cc2ccccc2)C=C1.CC(C)(C)[O][Al-]([O]C(C)(C)C(F)(F)F)([O]C(C)(C(F)(F)F)C(F)(F)F)[O]S(=O)(=[OH+])C(F)(F)F.CC(C)(C)[O][Al]([O]C(C)(C(F)(F)F)C(F)(F)F)[O]C(C)(C(F)(F)F)C(F)(F)F.CC(C)([O][Al-]([O]C(C)(C(F)(F)F)C(F)(F)F)[O]C(C(F)(F)F)(C(F)(F)F)C(F)(F)F)C(F)(F)F.Fc1ccccc1.O=S(=O)(OC(c1ccccc1)(c1ccccc1)c1ccccc1)C(F)(F)F. The Morgan fingerprint density at radius 3 is 0.887 bits per heavy atom. The van der Waals surface area contributed by atoms with Gasteiger partial charge < -0.3 is 37.3 Å². The Bertz CT molecular complexity index is 4840. The summed E-state index contributed by atoms with van der Waals surface area (Å²) >= 11 is -20.0. The van der Waals surface area contributed by atoms with Gasteiger partial charge in [0.05, 0.1) is 5.57 Å². The molecule has 1 aliphatic carbocycles. The van der Waals surface area contributed by atoms with E-state index in [4.69, 9.17) is 8.39 Å². The van der Waals surface area contributed by atoms with E-state index >= 15 is 0 Å². The number of rotatable bonds is 24. The van der Waals surface area contributed by atoms with E-state index in [0.717, 1.165) is 41.5 Å². The summed E-state index contributed by atoms with van der Waals surface area (Å²) in [6.07, 6.45) is -74.2. The molecule has 0 fully saturated rings. The number of halogens is 46. The molecule has 2 atom stereocenters. The van der Waals surface area contributed by atoms with Crippen molar-refractivity contribution in [3.63, 3.8) is 0 Å². The van der Waals surface area contributed by atoms with Gasteiger partial charge in [-0.15, -0.1) is 4.21 Å². The molecule has 5 aromatic carbocycles. The highest BCUT2D eigenvalue weighted by Crippen LogP contribution is 2.59. The quantitative estimate of drug-likeness (QED) is 0.0109. The molecule has 0 aromatic heterocycles. The Morgan fingerprint density at radius 1 is 0.331 bits per heavy atom. The highest BCUT2D eigenvalue weighted by Gasteiger charge is 2.85. The zero-order valence-corrected chi connectivity index (χ0v) is 78.6. The average Bonchev–Trinajstić information content (AvgIpc) is 0.704. The molecule has 1 N–H and O–H groups in total. The third kappa shape index (κ3) is 34.8. The molecule has 2 unspecified atom stereocenters. The highest BCUT2D eigenvalue weighted by molar-refractivity contribution is 7.88. The van der Waals surface area contributed by atoms with Gasteiger partial charge in [0.1, 0.15) is 17.0 Å². The Kier molecular flexibility index (Phi) is 43.1. The number of alkyl halides is 45. The van der Waals surface area contributed by atoms with Crippen molar-refractivity contribution in [1.82, 2.24) is 0 Å². The molecule has 0 bridgehead atoms. The van der Waals surface area contributed by atoms with Crippen LogP contribution in [0.3, 0.4) is 0 Å². The lowest BCUT2D eigenvalue weighted by Crippen LogP contribution is -2.71. The van der Waals surface area contributed by atoms with Crippen LogP contribution < -0.4 is 0 Å². The van der Waals surface area contributed by atoms with E-state index in [1.807, 2.05) is 12.1 Å². The molecule has 15 nitrogen and oxygen atoms in total. The van der Waals surface area contributed by atoms with Crippen molar-refractivity contribution >= 4 is 71.0 Å². The first kappa shape index (κ1) is 133. The molecule has 0 heterocycles. The van der Waals surface area contributed by atoms with E-state index in [1.54, 1.807) is 72.8 Å². The molecule has 1 aliphatic rings. The van der Waals surface area contributed by atoms with Crippen LogP contribution in [0.25, 0.3) is 6.08 Å². The summed E-state index contributed by atoms with van der Waals surface area (Å²) in [7, 11) is -12.9. The fourth-order valence-electron chi connectivity index (χ4n) is 9.40. The average molecular weight is 2250 g/mol. The number of allylic oxidation sites excluding steroid dienone is 5. The maximum absolute atomic E-state index is 13.3. The smallest absolute Gasteiger partial charge is 0.623 e. The standard InChI is InChI=1S/C20H15F3O3S.C13H11.C6H5F.C4F9O.4C4H3F6O.2C4H6F3O.2C4H9O.CHF3O3S.3Al/c21-20(22,23)27(24,25)26-19(16-10-4-1-5-11-16,17-12-6-2-7-13-17)18-14-8-3-9-15-18;1-3-7-12(8-4-1)11-13-9-5-2-6-10-13;7-6-4-2-1-3-5-6;5-2(6,7)1(14,3(8,9)10)4(11,12)13;4*1-2(11,3(5,6)7)4(8,9)10;2*1-3(2,8)4(5,6)7;2*1-4(2,3)5;2-1(3,4)8(5,6)7;;;/h1-15H;1-11H;1-5H;;4*1H3;2*1-2H3;2*1-3H3;(H,5,6,7);;;/q;+1;;9*-1;;+2;2*+3. The van der Waals surface area contributed by atoms with Crippen molar-refractivity contribution < 1.29 is 260 Å². The maximum Gasteiger partial charge on any atom is 0.907 e. The lowest BCUT2D eigenvalue weighted by molar-refractivity contribution is -0.447. The molecule has 0 amide bonds. The predicted molar refractivity (Wildman–Crippen MR) is 406 cm³/mol. The third-order valence-corrected chi connectivity index (χ3v) is 28.0. The second-order valence-corrected chi connectivity index (χ2v) is 39.9. The Labute approximate surface area is 788 Å². The van der Waals surface area contributed by atoms with Crippen LogP contribution in [0.1, 0.15) is 119 Å². The number of hydrogen-bond donors (Lipinski definition) is 0. The van der Waals surface area contributed by atoms with Gasteiger partial charge >= 0.3 is 162 Å². The van der Waals surface area contributed by atoms with Crippen molar-refractivity contribution in [1.29, 1.82) is 0 Å². The van der Waals surface area contributed by atoms with E-state index in [2.05, 4.69) is 92.3 Å².